The smallest absolute Gasteiger partial charge is 0.365 e. The van der Waals surface area contributed by atoms with Gasteiger partial charge in [0.1, 0.15) is 5.56 Å². The van der Waals surface area contributed by atoms with Crippen LogP contribution in [0.5, 0.6) is 0 Å². The van der Waals surface area contributed by atoms with E-state index in [4.69, 9.17) is 5.73 Å². The summed E-state index contributed by atoms with van der Waals surface area (Å²) < 4.78 is 39.5. The molecule has 5 nitrogen and oxygen atoms in total. The number of halogens is 3. The fraction of sp³-hybridized carbons (Fsp3) is 0.133. The van der Waals surface area contributed by atoms with Crippen molar-refractivity contribution in [1.29, 1.82) is 0 Å². The number of thiazole rings is 1. The third kappa shape index (κ3) is 2.90. The second-order valence-corrected chi connectivity index (χ2v) is 6.13. The number of nitrogens with zero attached hydrogens (tertiary/aromatic N) is 2. The molecule has 3 aromatic rings. The summed E-state index contributed by atoms with van der Waals surface area (Å²) in [5.74, 6) is -0.889. The van der Waals surface area contributed by atoms with Crippen molar-refractivity contribution >= 4 is 28.1 Å². The summed E-state index contributed by atoms with van der Waals surface area (Å²) in [4.78, 5) is 27.4. The summed E-state index contributed by atoms with van der Waals surface area (Å²) in [5, 5.41) is -0.674. The van der Waals surface area contributed by atoms with Gasteiger partial charge in [0.2, 0.25) is 5.43 Å². The van der Waals surface area contributed by atoms with Crippen LogP contribution in [0.4, 0.5) is 13.2 Å². The van der Waals surface area contributed by atoms with Gasteiger partial charge in [-0.15, -0.1) is 11.3 Å². The Bertz CT molecular complexity index is 992. The molecule has 0 radical (unpaired) electrons. The van der Waals surface area contributed by atoms with Crippen LogP contribution in [0.1, 0.15) is 20.2 Å². The molecule has 24 heavy (non-hydrogen) atoms. The Balaban J connectivity index is 2.12. The van der Waals surface area contributed by atoms with Gasteiger partial charge in [0.05, 0.1) is 12.1 Å². The van der Waals surface area contributed by atoms with Gasteiger partial charge in [-0.25, -0.2) is 4.98 Å². The molecule has 0 bridgehead atoms. The molecular weight excluding hydrogens is 343 g/mol. The topological polar surface area (TPSA) is 78.0 Å². The number of primary amides is 1. The molecule has 0 atom stereocenters. The lowest BCUT2D eigenvalue weighted by atomic mass is 10.1. The molecule has 0 spiro atoms. The molecular formula is C15H10F3N3O2S. The maximum absolute atomic E-state index is 12.7. The van der Waals surface area contributed by atoms with Crippen LogP contribution < -0.4 is 11.2 Å². The Morgan fingerprint density at radius 1 is 1.29 bits per heavy atom. The standard InChI is InChI=1S/C15H10F3N3O2S/c16-15(17,18)14-20-5-8(24-14)6-21-7-10(13(19)23)12(22)9-3-1-2-4-11(9)21/h1-5,7H,6H2,(H2,19,23). The maximum Gasteiger partial charge on any atom is 0.443 e. The second kappa shape index (κ2) is 5.75. The highest BCUT2D eigenvalue weighted by Crippen LogP contribution is 2.32. The molecule has 0 aliphatic rings. The summed E-state index contributed by atoms with van der Waals surface area (Å²) in [5.41, 5.74) is 4.99. The molecule has 2 heterocycles. The van der Waals surface area contributed by atoms with Crippen LogP contribution in [0.15, 0.2) is 41.5 Å². The summed E-state index contributed by atoms with van der Waals surface area (Å²) in [6, 6.07) is 6.50. The van der Waals surface area contributed by atoms with Gasteiger partial charge in [-0.05, 0) is 12.1 Å². The Hall–Kier alpha value is -2.68. The third-order valence-electron chi connectivity index (χ3n) is 3.38. The van der Waals surface area contributed by atoms with Crippen LogP contribution in [0.3, 0.4) is 0 Å². The Labute approximate surface area is 137 Å². The van der Waals surface area contributed by atoms with Gasteiger partial charge in [0.15, 0.2) is 5.01 Å². The summed E-state index contributed by atoms with van der Waals surface area (Å²) in [7, 11) is 0. The van der Waals surface area contributed by atoms with Crippen molar-refractivity contribution in [2.24, 2.45) is 5.73 Å². The van der Waals surface area contributed by atoms with Gasteiger partial charge in [0.25, 0.3) is 5.91 Å². The highest BCUT2D eigenvalue weighted by molar-refractivity contribution is 7.11. The Morgan fingerprint density at radius 2 is 2.00 bits per heavy atom. The van der Waals surface area contributed by atoms with E-state index in [-0.39, 0.29) is 17.5 Å². The Kier molecular flexibility index (Phi) is 3.88. The van der Waals surface area contributed by atoms with Gasteiger partial charge in [0, 0.05) is 22.7 Å². The number of carbonyl (C=O) groups is 1. The molecule has 0 aliphatic carbocycles. The van der Waals surface area contributed by atoms with Gasteiger partial charge >= 0.3 is 6.18 Å². The van der Waals surface area contributed by atoms with Crippen molar-refractivity contribution < 1.29 is 18.0 Å². The van der Waals surface area contributed by atoms with E-state index in [0.29, 0.717) is 21.7 Å². The number of carbonyl (C=O) groups excluding carboxylic acids is 1. The number of benzene rings is 1. The van der Waals surface area contributed by atoms with E-state index in [1.807, 2.05) is 0 Å². The number of hydrogen-bond acceptors (Lipinski definition) is 4. The average molecular weight is 353 g/mol. The lowest BCUT2D eigenvalue weighted by Crippen LogP contribution is -2.24. The first-order chi connectivity index (χ1) is 11.3. The van der Waals surface area contributed by atoms with Crippen molar-refractivity contribution in [2.75, 3.05) is 0 Å². The number of aromatic nitrogens is 2. The van der Waals surface area contributed by atoms with Gasteiger partial charge in [-0.1, -0.05) is 12.1 Å². The van der Waals surface area contributed by atoms with E-state index in [1.54, 1.807) is 18.2 Å². The molecule has 0 unspecified atom stereocenters. The van der Waals surface area contributed by atoms with Crippen LogP contribution in [0.25, 0.3) is 10.9 Å². The largest absolute Gasteiger partial charge is 0.443 e. The number of pyridine rings is 1. The van der Waals surface area contributed by atoms with Gasteiger partial charge in [-0.3, -0.25) is 9.59 Å². The minimum Gasteiger partial charge on any atom is -0.365 e. The minimum absolute atomic E-state index is 0.0365. The third-order valence-corrected chi connectivity index (χ3v) is 4.40. The quantitative estimate of drug-likeness (QED) is 0.786. The zero-order valence-electron chi connectivity index (χ0n) is 12.0. The number of amides is 1. The number of para-hydroxylation sites is 1. The van der Waals surface area contributed by atoms with Crippen LogP contribution in [-0.2, 0) is 12.7 Å². The predicted molar refractivity (Wildman–Crippen MR) is 82.9 cm³/mol. The van der Waals surface area contributed by atoms with Crippen LogP contribution in [0, 0.1) is 0 Å². The van der Waals surface area contributed by atoms with Gasteiger partial charge < -0.3 is 10.3 Å². The van der Waals surface area contributed by atoms with E-state index in [1.165, 1.54) is 16.8 Å². The van der Waals surface area contributed by atoms with E-state index < -0.39 is 22.5 Å². The van der Waals surface area contributed by atoms with Gasteiger partial charge in [-0.2, -0.15) is 13.2 Å². The molecule has 3 rings (SSSR count). The zero-order valence-corrected chi connectivity index (χ0v) is 12.8. The number of rotatable bonds is 3. The minimum atomic E-state index is -4.51. The summed E-state index contributed by atoms with van der Waals surface area (Å²) in [6.45, 7) is 0.0365. The molecule has 2 N–H and O–H groups in total. The zero-order chi connectivity index (χ0) is 17.5. The fourth-order valence-electron chi connectivity index (χ4n) is 2.33. The van der Waals surface area contributed by atoms with Crippen LogP contribution in [0.2, 0.25) is 0 Å². The van der Waals surface area contributed by atoms with Crippen LogP contribution in [-0.4, -0.2) is 15.5 Å². The first-order valence-electron chi connectivity index (χ1n) is 6.71. The van der Waals surface area contributed by atoms with E-state index in [2.05, 4.69) is 4.98 Å². The van der Waals surface area contributed by atoms with E-state index in [0.717, 1.165) is 6.20 Å². The molecule has 1 aromatic carbocycles. The molecule has 0 fully saturated rings. The lowest BCUT2D eigenvalue weighted by molar-refractivity contribution is -0.137. The maximum atomic E-state index is 12.7. The summed E-state index contributed by atoms with van der Waals surface area (Å²) >= 11 is 0.510. The second-order valence-electron chi connectivity index (χ2n) is 5.01. The van der Waals surface area contributed by atoms with E-state index in [9.17, 15) is 22.8 Å². The number of hydrogen-bond donors (Lipinski definition) is 1. The number of nitrogens with two attached hydrogens (primary N) is 1. The van der Waals surface area contributed by atoms with Crippen molar-refractivity contribution in [3.63, 3.8) is 0 Å². The SMILES string of the molecule is NC(=O)c1cn(Cc2cnc(C(F)(F)F)s2)c2ccccc2c1=O. The monoisotopic (exact) mass is 353 g/mol. The number of fused-ring (bicyclic) bond motifs is 1. The molecule has 0 aliphatic heterocycles. The van der Waals surface area contributed by atoms with Crippen molar-refractivity contribution in [3.8, 4) is 0 Å². The molecule has 124 valence electrons. The predicted octanol–water partition coefficient (Wildman–Crippen LogP) is 2.62. The number of alkyl halides is 3. The fourth-order valence-corrected chi connectivity index (χ4v) is 3.11. The summed E-state index contributed by atoms with van der Waals surface area (Å²) in [6.07, 6.45) is -2.11. The highest BCUT2D eigenvalue weighted by Gasteiger charge is 2.34. The highest BCUT2D eigenvalue weighted by atomic mass is 32.1. The van der Waals surface area contributed by atoms with E-state index >= 15 is 0 Å². The normalized spacial score (nSPS) is 11.8. The first-order valence-corrected chi connectivity index (χ1v) is 7.53. The molecule has 2 aromatic heterocycles. The molecule has 0 saturated carbocycles. The van der Waals surface area contributed by atoms with Crippen LogP contribution >= 0.6 is 11.3 Å². The molecule has 9 heteroatoms. The van der Waals surface area contributed by atoms with Crippen molar-refractivity contribution in [3.05, 3.63) is 62.3 Å². The first kappa shape index (κ1) is 16.2. The molecule has 1 amide bonds. The Morgan fingerprint density at radius 3 is 2.62 bits per heavy atom. The van der Waals surface area contributed by atoms with Crippen molar-refractivity contribution in [2.45, 2.75) is 12.7 Å². The lowest BCUT2D eigenvalue weighted by Gasteiger charge is -2.11. The average Bonchev–Trinajstić information content (AvgIpc) is 2.98. The molecule has 0 saturated heterocycles. The van der Waals surface area contributed by atoms with Crippen molar-refractivity contribution in [1.82, 2.24) is 9.55 Å².